The van der Waals surface area contributed by atoms with Crippen molar-refractivity contribution in [3.63, 3.8) is 0 Å². The van der Waals surface area contributed by atoms with Crippen molar-refractivity contribution < 1.29 is 0 Å². The van der Waals surface area contributed by atoms with Crippen molar-refractivity contribution >= 4 is 77.3 Å². The Hall–Kier alpha value is -9.76. The van der Waals surface area contributed by atoms with Gasteiger partial charge in [0.2, 0.25) is 0 Å². The molecule has 0 radical (unpaired) electrons. The van der Waals surface area contributed by atoms with E-state index in [1.807, 2.05) is 0 Å². The first-order valence-corrected chi connectivity index (χ1v) is 27.1. The monoisotopic (exact) mass is 976 g/mol. The van der Waals surface area contributed by atoms with Gasteiger partial charge in [-0.15, -0.1) is 0 Å². The van der Waals surface area contributed by atoms with Crippen molar-refractivity contribution in [1.82, 2.24) is 9.13 Å². The molecule has 2 nitrogen and oxygen atoms in total. The summed E-state index contributed by atoms with van der Waals surface area (Å²) < 4.78 is 4.83. The van der Waals surface area contributed by atoms with E-state index in [0.29, 0.717) is 0 Å². The molecule has 0 amide bonds. The van der Waals surface area contributed by atoms with E-state index in [1.165, 1.54) is 143 Å². The molecule has 0 aliphatic heterocycles. The summed E-state index contributed by atoms with van der Waals surface area (Å²) in [6.45, 7) is 0. The van der Waals surface area contributed by atoms with Gasteiger partial charge in [0.05, 0.1) is 22.1 Å². The Bertz CT molecular complexity index is 4550. The summed E-state index contributed by atoms with van der Waals surface area (Å²) in [5.41, 5.74) is 22.1. The minimum atomic E-state index is -0.589. The van der Waals surface area contributed by atoms with Gasteiger partial charge in [0.1, 0.15) is 0 Å². The van der Waals surface area contributed by atoms with Crippen LogP contribution < -0.4 is 0 Å². The maximum Gasteiger partial charge on any atom is 0.0541 e. The summed E-state index contributed by atoms with van der Waals surface area (Å²) in [5.74, 6) is -0.0566. The molecular formula is C75H48N2. The number of rotatable bonds is 6. The van der Waals surface area contributed by atoms with E-state index in [0.717, 1.165) is 0 Å². The van der Waals surface area contributed by atoms with Crippen LogP contribution in [0.25, 0.3) is 122 Å². The first kappa shape index (κ1) is 42.6. The maximum atomic E-state index is 2.60. The molecule has 77 heavy (non-hydrogen) atoms. The number of fused-ring (bicyclic) bond motifs is 9. The minimum Gasteiger partial charge on any atom is -0.309 e. The standard InChI is InChI=1S/C75H48N2/c1-3-21-55(22-4-1)76-69-29-9-7-25-59(69)63-43-51(35-41-71(63)76)53-31-37-57-58-38-32-54(52-36-42-72-64(44-52)60-26-8-10-30-70(60)77(72)56-23-5-2-6-24-56)46-68(58)75(67(57)45-53,65-39-33-49-17-11-15-47-19-13-27-61(65)73(47)49)66-40-34-50-18-12-16-48-20-14-28-62(66)74(48)50/h1-46,65-66H. The molecule has 0 spiro atoms. The predicted molar refractivity (Wildman–Crippen MR) is 324 cm³/mol. The Morgan fingerprint density at radius 2 is 0.688 bits per heavy atom. The van der Waals surface area contributed by atoms with Crippen LogP contribution >= 0.6 is 0 Å². The number of benzene rings is 12. The molecule has 2 aromatic heterocycles. The van der Waals surface area contributed by atoms with Crippen LogP contribution in [0.15, 0.2) is 267 Å². The number of allylic oxidation sites excluding steroid dienone is 2. The third-order valence-electron chi connectivity index (χ3n) is 17.8. The Balaban J connectivity index is 0.946. The van der Waals surface area contributed by atoms with Gasteiger partial charge in [0.15, 0.2) is 0 Å². The molecule has 0 bridgehead atoms. The van der Waals surface area contributed by atoms with E-state index in [1.54, 1.807) is 0 Å². The summed E-state index contributed by atoms with van der Waals surface area (Å²) in [4.78, 5) is 0. The Morgan fingerprint density at radius 1 is 0.299 bits per heavy atom. The van der Waals surface area contributed by atoms with E-state index >= 15 is 0 Å². The SMILES string of the molecule is C1=CC(C2(C3C=Cc4cccc5cccc3c45)c3cc(-c4ccc5c(c4)c4ccccc4n5-c4ccccc4)ccc3-c3ccc(-c4ccc5c(c4)c4ccccc4n5-c4ccccc4)cc32)c2cccc3cccc1c23. The Kier molecular flexibility index (Phi) is 8.92. The lowest BCUT2D eigenvalue weighted by Gasteiger charge is -2.46. The summed E-state index contributed by atoms with van der Waals surface area (Å²) >= 11 is 0. The molecule has 3 aliphatic carbocycles. The molecule has 0 saturated carbocycles. The fraction of sp³-hybridized carbons (Fsp3) is 0.0400. The lowest BCUT2D eigenvalue weighted by Crippen LogP contribution is -2.39. The van der Waals surface area contributed by atoms with Gasteiger partial charge in [-0.05, 0) is 161 Å². The lowest BCUT2D eigenvalue weighted by molar-refractivity contribution is 0.430. The normalized spacial score (nSPS) is 15.8. The molecular weight excluding hydrogens is 929 g/mol. The van der Waals surface area contributed by atoms with Gasteiger partial charge in [-0.2, -0.15) is 0 Å². The Labute approximate surface area is 446 Å². The number of para-hydroxylation sites is 4. The fourth-order valence-corrected chi connectivity index (χ4v) is 14.6. The summed E-state index contributed by atoms with van der Waals surface area (Å²) in [5, 5.41) is 10.3. The quantitative estimate of drug-likeness (QED) is 0.157. The van der Waals surface area contributed by atoms with Crippen LogP contribution in [0.5, 0.6) is 0 Å². The van der Waals surface area contributed by atoms with Gasteiger partial charge in [-0.25, -0.2) is 0 Å². The van der Waals surface area contributed by atoms with E-state index in [9.17, 15) is 0 Å². The van der Waals surface area contributed by atoms with E-state index < -0.39 is 5.41 Å². The topological polar surface area (TPSA) is 9.86 Å². The van der Waals surface area contributed by atoms with Crippen LogP contribution in [0.2, 0.25) is 0 Å². The van der Waals surface area contributed by atoms with Crippen LogP contribution in [0.3, 0.4) is 0 Å². The Morgan fingerprint density at radius 3 is 1.16 bits per heavy atom. The summed E-state index contributed by atoms with van der Waals surface area (Å²) in [6.07, 6.45) is 10.00. The molecule has 358 valence electrons. The maximum absolute atomic E-state index is 2.60. The molecule has 2 unspecified atom stereocenters. The second-order valence-corrected chi connectivity index (χ2v) is 21.5. The molecule has 0 N–H and O–H groups in total. The van der Waals surface area contributed by atoms with Gasteiger partial charge >= 0.3 is 0 Å². The second-order valence-electron chi connectivity index (χ2n) is 21.5. The molecule has 0 fully saturated rings. The zero-order chi connectivity index (χ0) is 50.3. The highest BCUT2D eigenvalue weighted by Crippen LogP contribution is 2.66. The third-order valence-corrected chi connectivity index (χ3v) is 17.8. The molecule has 14 aromatic rings. The highest BCUT2D eigenvalue weighted by atomic mass is 15.0. The fourth-order valence-electron chi connectivity index (χ4n) is 14.6. The minimum absolute atomic E-state index is 0.0283. The van der Waals surface area contributed by atoms with Crippen LogP contribution in [0.1, 0.15) is 45.2 Å². The highest BCUT2D eigenvalue weighted by Gasteiger charge is 2.55. The van der Waals surface area contributed by atoms with Gasteiger partial charge in [0, 0.05) is 50.2 Å². The van der Waals surface area contributed by atoms with E-state index in [2.05, 4.69) is 288 Å². The van der Waals surface area contributed by atoms with E-state index in [4.69, 9.17) is 0 Å². The zero-order valence-corrected chi connectivity index (χ0v) is 42.1. The van der Waals surface area contributed by atoms with Gasteiger partial charge in [0.25, 0.3) is 0 Å². The van der Waals surface area contributed by atoms with Crippen LogP contribution in [0, 0.1) is 0 Å². The van der Waals surface area contributed by atoms with Gasteiger partial charge in [-0.3, -0.25) is 0 Å². The lowest BCUT2D eigenvalue weighted by atomic mass is 9.55. The van der Waals surface area contributed by atoms with Gasteiger partial charge in [-0.1, -0.05) is 206 Å². The smallest absolute Gasteiger partial charge is 0.0541 e. The molecule has 0 saturated heterocycles. The average Bonchev–Trinajstić information content (AvgIpc) is 4.34. The van der Waals surface area contributed by atoms with Crippen LogP contribution in [-0.4, -0.2) is 9.13 Å². The van der Waals surface area contributed by atoms with Crippen LogP contribution in [0.4, 0.5) is 0 Å². The molecule has 2 atom stereocenters. The largest absolute Gasteiger partial charge is 0.309 e. The zero-order valence-electron chi connectivity index (χ0n) is 42.1. The first-order valence-electron chi connectivity index (χ1n) is 27.1. The van der Waals surface area contributed by atoms with Crippen molar-refractivity contribution in [3.8, 4) is 44.8 Å². The molecule has 12 aromatic carbocycles. The first-order chi connectivity index (χ1) is 38.2. The molecule has 2 heteroatoms. The molecule has 17 rings (SSSR count). The second kappa shape index (κ2) is 16.1. The molecule has 2 heterocycles. The van der Waals surface area contributed by atoms with Crippen molar-refractivity contribution in [2.75, 3.05) is 0 Å². The highest BCUT2D eigenvalue weighted by molar-refractivity contribution is 6.12. The van der Waals surface area contributed by atoms with E-state index in [-0.39, 0.29) is 11.8 Å². The number of hydrogen-bond donors (Lipinski definition) is 0. The molecule has 3 aliphatic rings. The summed E-state index contributed by atoms with van der Waals surface area (Å²) in [7, 11) is 0. The third kappa shape index (κ3) is 5.96. The van der Waals surface area contributed by atoms with Gasteiger partial charge < -0.3 is 9.13 Å². The van der Waals surface area contributed by atoms with Crippen LogP contribution in [-0.2, 0) is 5.41 Å². The average molecular weight is 977 g/mol. The van der Waals surface area contributed by atoms with Crippen molar-refractivity contribution in [2.24, 2.45) is 0 Å². The van der Waals surface area contributed by atoms with Crippen molar-refractivity contribution in [2.45, 2.75) is 17.3 Å². The van der Waals surface area contributed by atoms with Crippen molar-refractivity contribution in [3.05, 3.63) is 300 Å². The van der Waals surface area contributed by atoms with Crippen molar-refractivity contribution in [1.29, 1.82) is 0 Å². The number of nitrogens with zero attached hydrogens (tertiary/aromatic N) is 2. The number of hydrogen-bond acceptors (Lipinski definition) is 0. The number of aromatic nitrogens is 2. The summed E-state index contributed by atoms with van der Waals surface area (Å²) in [6, 6.07) is 96.1. The predicted octanol–water partition coefficient (Wildman–Crippen LogP) is 19.4.